The van der Waals surface area contributed by atoms with Crippen molar-refractivity contribution in [3.05, 3.63) is 0 Å². The van der Waals surface area contributed by atoms with Crippen LogP contribution in [0.15, 0.2) is 0 Å². The van der Waals surface area contributed by atoms with Gasteiger partial charge in [-0.05, 0) is 31.1 Å². The van der Waals surface area contributed by atoms with E-state index in [4.69, 9.17) is 4.74 Å². The van der Waals surface area contributed by atoms with E-state index < -0.39 is 0 Å². The van der Waals surface area contributed by atoms with Crippen LogP contribution in [0.5, 0.6) is 5.19 Å². The summed E-state index contributed by atoms with van der Waals surface area (Å²) in [5, 5.41) is 12.5. The van der Waals surface area contributed by atoms with Gasteiger partial charge in [-0.3, -0.25) is 5.32 Å². The second-order valence-electron chi connectivity index (χ2n) is 4.70. The van der Waals surface area contributed by atoms with Gasteiger partial charge >= 0.3 is 6.03 Å². The molecular formula is C11H17N5O2S. The van der Waals surface area contributed by atoms with Crippen molar-refractivity contribution in [2.24, 2.45) is 0 Å². The lowest BCUT2D eigenvalue weighted by Gasteiger charge is -2.20. The Kier molecular flexibility index (Phi) is 3.28. The Balaban J connectivity index is 1.83. The van der Waals surface area contributed by atoms with Gasteiger partial charge in [-0.25, -0.2) is 9.69 Å². The molecule has 1 saturated carbocycles. The first-order valence-electron chi connectivity index (χ1n) is 6.44. The molecule has 1 aromatic rings. The summed E-state index contributed by atoms with van der Waals surface area (Å²) in [6.45, 7) is 3.37. The molecule has 2 heterocycles. The first-order chi connectivity index (χ1) is 9.22. The van der Waals surface area contributed by atoms with Gasteiger partial charge < -0.3 is 9.64 Å². The van der Waals surface area contributed by atoms with Crippen LogP contribution in [-0.2, 0) is 0 Å². The van der Waals surface area contributed by atoms with Crippen molar-refractivity contribution in [1.82, 2.24) is 20.4 Å². The standard InChI is InChI=1S/C11H17N5O2S/c1-3-15-6-8(12-7-4-5-7)16(11(15)17)9-13-14-10(18-2)19-9/h7-8,12H,3-6H2,1-2H3. The summed E-state index contributed by atoms with van der Waals surface area (Å²) in [6, 6.07) is 0.520. The zero-order valence-electron chi connectivity index (χ0n) is 11.0. The lowest BCUT2D eigenvalue weighted by molar-refractivity contribution is 0.222. The van der Waals surface area contributed by atoms with Crippen LogP contribution in [0.25, 0.3) is 0 Å². The number of anilines is 1. The third-order valence-electron chi connectivity index (χ3n) is 3.35. The second-order valence-corrected chi connectivity index (χ2v) is 5.62. The van der Waals surface area contributed by atoms with Crippen molar-refractivity contribution >= 4 is 22.5 Å². The molecule has 1 N–H and O–H groups in total. The normalized spacial score (nSPS) is 23.3. The lowest BCUT2D eigenvalue weighted by Crippen LogP contribution is -2.45. The number of carbonyl (C=O) groups excluding carboxylic acids is 1. The summed E-state index contributed by atoms with van der Waals surface area (Å²) in [5.41, 5.74) is 0. The fourth-order valence-electron chi connectivity index (χ4n) is 2.17. The zero-order chi connectivity index (χ0) is 13.4. The highest BCUT2D eigenvalue weighted by atomic mass is 32.1. The van der Waals surface area contributed by atoms with Crippen LogP contribution in [0.3, 0.4) is 0 Å². The lowest BCUT2D eigenvalue weighted by atomic mass is 10.4. The maximum atomic E-state index is 12.4. The molecule has 1 aliphatic heterocycles. The van der Waals surface area contributed by atoms with Crippen LogP contribution in [0.4, 0.5) is 9.93 Å². The molecule has 2 amide bonds. The number of nitrogens with zero attached hydrogens (tertiary/aromatic N) is 4. The fourth-order valence-corrected chi connectivity index (χ4v) is 2.87. The number of nitrogens with one attached hydrogen (secondary N) is 1. The van der Waals surface area contributed by atoms with E-state index in [0.717, 1.165) is 0 Å². The maximum Gasteiger partial charge on any atom is 0.327 e. The van der Waals surface area contributed by atoms with Crippen LogP contribution >= 0.6 is 11.3 Å². The molecule has 1 aromatic heterocycles. The summed E-state index contributed by atoms with van der Waals surface area (Å²) >= 11 is 1.29. The fraction of sp³-hybridized carbons (Fsp3) is 0.727. The predicted octanol–water partition coefficient (Wildman–Crippen LogP) is 0.887. The number of hydrogen-bond acceptors (Lipinski definition) is 6. The largest absolute Gasteiger partial charge is 0.472 e. The molecule has 0 spiro atoms. The van der Waals surface area contributed by atoms with Crippen molar-refractivity contribution in [2.45, 2.75) is 32.0 Å². The number of rotatable bonds is 5. The summed E-state index contributed by atoms with van der Waals surface area (Å²) in [4.78, 5) is 15.9. The Morgan fingerprint density at radius 3 is 2.84 bits per heavy atom. The molecule has 0 radical (unpaired) electrons. The second kappa shape index (κ2) is 4.93. The van der Waals surface area contributed by atoms with Crippen molar-refractivity contribution in [2.75, 3.05) is 25.1 Å². The summed E-state index contributed by atoms with van der Waals surface area (Å²) in [6.07, 6.45) is 2.35. The van der Waals surface area contributed by atoms with Crippen molar-refractivity contribution in [1.29, 1.82) is 0 Å². The first-order valence-corrected chi connectivity index (χ1v) is 7.26. The number of carbonyl (C=O) groups is 1. The summed E-state index contributed by atoms with van der Waals surface area (Å²) in [5.74, 6) is 0. The zero-order valence-corrected chi connectivity index (χ0v) is 11.8. The Hall–Kier alpha value is -1.41. The first kappa shape index (κ1) is 12.6. The van der Waals surface area contributed by atoms with E-state index in [2.05, 4.69) is 15.5 Å². The molecule has 2 aliphatic rings. The molecule has 104 valence electrons. The van der Waals surface area contributed by atoms with E-state index in [1.54, 1.807) is 12.0 Å². The van der Waals surface area contributed by atoms with Gasteiger partial charge in [0.1, 0.15) is 6.17 Å². The van der Waals surface area contributed by atoms with Gasteiger partial charge in [0.25, 0.3) is 5.19 Å². The van der Waals surface area contributed by atoms with Gasteiger partial charge in [-0.1, -0.05) is 5.10 Å². The third kappa shape index (κ3) is 2.37. The molecular weight excluding hydrogens is 266 g/mol. The smallest absolute Gasteiger partial charge is 0.327 e. The maximum absolute atomic E-state index is 12.4. The van der Waals surface area contributed by atoms with E-state index in [-0.39, 0.29) is 12.2 Å². The highest BCUT2D eigenvalue weighted by Crippen LogP contribution is 2.31. The molecule has 1 saturated heterocycles. The topological polar surface area (TPSA) is 70.6 Å². The molecule has 1 aliphatic carbocycles. The summed E-state index contributed by atoms with van der Waals surface area (Å²) in [7, 11) is 1.55. The minimum atomic E-state index is -0.0161. The van der Waals surface area contributed by atoms with Gasteiger partial charge in [0.05, 0.1) is 13.7 Å². The number of amides is 2. The van der Waals surface area contributed by atoms with Crippen LogP contribution < -0.4 is 15.0 Å². The minimum Gasteiger partial charge on any atom is -0.472 e. The highest BCUT2D eigenvalue weighted by molar-refractivity contribution is 7.17. The quantitative estimate of drug-likeness (QED) is 0.869. The van der Waals surface area contributed by atoms with E-state index in [9.17, 15) is 4.79 Å². The highest BCUT2D eigenvalue weighted by Gasteiger charge is 2.41. The average molecular weight is 283 g/mol. The predicted molar refractivity (Wildman–Crippen MR) is 71.5 cm³/mol. The SMILES string of the molecule is CCN1CC(NC2CC2)N(c2nnc(OC)s2)C1=O. The average Bonchev–Trinajstić information content (AvgIpc) is 3.00. The Morgan fingerprint density at radius 1 is 1.47 bits per heavy atom. The van der Waals surface area contributed by atoms with Crippen molar-refractivity contribution in [3.8, 4) is 5.19 Å². The molecule has 1 atom stereocenters. The summed E-state index contributed by atoms with van der Waals surface area (Å²) < 4.78 is 5.04. The van der Waals surface area contributed by atoms with E-state index in [1.165, 1.54) is 24.2 Å². The number of hydrogen-bond donors (Lipinski definition) is 1. The number of ether oxygens (including phenoxy) is 1. The molecule has 7 nitrogen and oxygen atoms in total. The van der Waals surface area contributed by atoms with Gasteiger partial charge in [0.2, 0.25) is 5.13 Å². The van der Waals surface area contributed by atoms with Gasteiger partial charge in [-0.15, -0.1) is 5.10 Å². The molecule has 19 heavy (non-hydrogen) atoms. The van der Waals surface area contributed by atoms with Gasteiger partial charge in [-0.2, -0.15) is 0 Å². The Bertz CT molecular complexity index is 475. The number of likely N-dealkylation sites (N-methyl/N-ethyl adjacent to an activating group) is 1. The van der Waals surface area contributed by atoms with Crippen LogP contribution in [0, 0.1) is 0 Å². The van der Waals surface area contributed by atoms with E-state index in [0.29, 0.717) is 29.5 Å². The Morgan fingerprint density at radius 2 is 2.26 bits per heavy atom. The number of aromatic nitrogens is 2. The third-order valence-corrected chi connectivity index (χ3v) is 4.23. The number of methoxy groups -OCH3 is 1. The van der Waals surface area contributed by atoms with Crippen LogP contribution in [-0.4, -0.2) is 53.5 Å². The van der Waals surface area contributed by atoms with Crippen LogP contribution in [0.1, 0.15) is 19.8 Å². The molecule has 0 bridgehead atoms. The number of urea groups is 1. The van der Waals surface area contributed by atoms with E-state index in [1.807, 2.05) is 11.8 Å². The van der Waals surface area contributed by atoms with Gasteiger partial charge in [0, 0.05) is 12.6 Å². The van der Waals surface area contributed by atoms with Gasteiger partial charge in [0.15, 0.2) is 0 Å². The molecule has 1 unspecified atom stereocenters. The minimum absolute atomic E-state index is 0.0144. The molecule has 0 aromatic carbocycles. The van der Waals surface area contributed by atoms with Crippen molar-refractivity contribution < 1.29 is 9.53 Å². The monoisotopic (exact) mass is 283 g/mol. The molecule has 3 rings (SSSR count). The molecule has 8 heteroatoms. The molecule has 2 fully saturated rings. The Labute approximate surface area is 115 Å². The van der Waals surface area contributed by atoms with E-state index >= 15 is 0 Å². The van der Waals surface area contributed by atoms with Crippen LogP contribution in [0.2, 0.25) is 0 Å². The van der Waals surface area contributed by atoms with Crippen molar-refractivity contribution in [3.63, 3.8) is 0 Å².